The topological polar surface area (TPSA) is 43.1 Å². The zero-order chi connectivity index (χ0) is 8.36. The minimum absolute atomic E-state index is 0.0625. The third-order valence-corrected chi connectivity index (χ3v) is 1.96. The number of ketones is 1. The Labute approximate surface area is 70.3 Å². The number of hydrogen-bond donors (Lipinski definition) is 1. The molecule has 0 aliphatic heterocycles. The first-order valence-corrected chi connectivity index (χ1v) is 4.36. The summed E-state index contributed by atoms with van der Waals surface area (Å²) in [5.74, 6) is 0.0625. The smallest absolute Gasteiger partial charge is 0.160 e. The minimum atomic E-state index is -0.355. The number of hydrogen-bond acceptors (Lipinski definition) is 2. The molecule has 0 aromatic heterocycles. The summed E-state index contributed by atoms with van der Waals surface area (Å²) in [6, 6.07) is -0.355. The summed E-state index contributed by atoms with van der Waals surface area (Å²) in [4.78, 5) is 11.0. The molecule has 0 aliphatic carbocycles. The minimum Gasteiger partial charge on any atom is -0.321 e. The van der Waals surface area contributed by atoms with E-state index < -0.39 is 0 Å². The van der Waals surface area contributed by atoms with E-state index in [1.165, 1.54) is 0 Å². The van der Waals surface area contributed by atoms with Crippen LogP contribution in [0, 0.1) is 5.41 Å². The summed E-state index contributed by atoms with van der Waals surface area (Å²) in [5.41, 5.74) is 5.51. The van der Waals surface area contributed by atoms with Crippen molar-refractivity contribution < 1.29 is 4.79 Å². The Balaban J connectivity index is 4.08. The highest BCUT2D eigenvalue weighted by Gasteiger charge is 2.25. The number of halogens is 1. The summed E-state index contributed by atoms with van der Waals surface area (Å²) in [7, 11) is 0. The molecular formula is C7H14BrNO. The number of carbonyl (C=O) groups excluding carboxylic acids is 1. The van der Waals surface area contributed by atoms with Gasteiger partial charge in [-0.05, 0) is 5.41 Å². The maximum absolute atomic E-state index is 11.0. The molecule has 0 spiro atoms. The maximum Gasteiger partial charge on any atom is 0.160 e. The lowest BCUT2D eigenvalue weighted by molar-refractivity contribution is -0.119. The lowest BCUT2D eigenvalue weighted by Crippen LogP contribution is -2.42. The van der Waals surface area contributed by atoms with Gasteiger partial charge in [-0.15, -0.1) is 0 Å². The van der Waals surface area contributed by atoms with Crippen LogP contribution in [-0.2, 0) is 4.79 Å². The number of nitrogens with two attached hydrogens (primary N) is 1. The molecule has 0 unspecified atom stereocenters. The van der Waals surface area contributed by atoms with Gasteiger partial charge in [-0.3, -0.25) is 4.79 Å². The van der Waals surface area contributed by atoms with Gasteiger partial charge in [0.2, 0.25) is 0 Å². The van der Waals surface area contributed by atoms with Crippen LogP contribution in [0.15, 0.2) is 0 Å². The Bertz CT molecular complexity index is 128. The Morgan fingerprint density at radius 3 is 2.10 bits per heavy atom. The number of alkyl halides is 1. The van der Waals surface area contributed by atoms with Gasteiger partial charge >= 0.3 is 0 Å². The van der Waals surface area contributed by atoms with Crippen molar-refractivity contribution >= 4 is 21.7 Å². The quantitative estimate of drug-likeness (QED) is 0.695. The van der Waals surface area contributed by atoms with Crippen molar-refractivity contribution in [2.75, 3.05) is 5.33 Å². The molecule has 0 aromatic rings. The van der Waals surface area contributed by atoms with Crippen LogP contribution in [-0.4, -0.2) is 17.2 Å². The van der Waals surface area contributed by atoms with E-state index in [0.29, 0.717) is 5.33 Å². The zero-order valence-electron chi connectivity index (χ0n) is 6.65. The standard InChI is InChI=1S/C7H14BrNO/c1-7(2,3)6(9)5(10)4-8/h6H,4,9H2,1-3H3/t6-/m1/s1. The SMILES string of the molecule is CC(C)(C)[C@H](N)C(=O)CBr. The van der Waals surface area contributed by atoms with Gasteiger partial charge in [0.25, 0.3) is 0 Å². The number of Topliss-reactive ketones (excluding diaryl/α,β-unsaturated/α-hetero) is 1. The van der Waals surface area contributed by atoms with Crippen molar-refractivity contribution in [1.82, 2.24) is 0 Å². The summed E-state index contributed by atoms with van der Waals surface area (Å²) in [6.45, 7) is 5.87. The molecule has 3 heteroatoms. The van der Waals surface area contributed by atoms with Crippen LogP contribution in [0.4, 0.5) is 0 Å². The molecule has 0 amide bonds. The second-order valence-corrected chi connectivity index (χ2v) is 4.00. The molecular weight excluding hydrogens is 194 g/mol. The van der Waals surface area contributed by atoms with Crippen LogP contribution in [0.2, 0.25) is 0 Å². The first-order chi connectivity index (χ1) is 4.39. The van der Waals surface area contributed by atoms with Crippen LogP contribution in [0.1, 0.15) is 20.8 Å². The van der Waals surface area contributed by atoms with E-state index in [1.807, 2.05) is 20.8 Å². The Morgan fingerprint density at radius 2 is 2.00 bits per heavy atom. The molecule has 0 rings (SSSR count). The van der Waals surface area contributed by atoms with Crippen LogP contribution in [0.3, 0.4) is 0 Å². The lowest BCUT2D eigenvalue weighted by atomic mass is 9.85. The predicted octanol–water partition coefficient (Wildman–Crippen LogP) is 1.32. The van der Waals surface area contributed by atoms with Gasteiger partial charge in [-0.1, -0.05) is 36.7 Å². The maximum atomic E-state index is 11.0. The second-order valence-electron chi connectivity index (χ2n) is 3.44. The third kappa shape index (κ3) is 2.80. The average molecular weight is 208 g/mol. The summed E-state index contributed by atoms with van der Waals surface area (Å²) < 4.78 is 0. The number of rotatable bonds is 2. The second kappa shape index (κ2) is 3.49. The normalized spacial score (nSPS) is 14.9. The van der Waals surface area contributed by atoms with Crippen molar-refractivity contribution in [1.29, 1.82) is 0 Å². The van der Waals surface area contributed by atoms with Gasteiger partial charge in [-0.25, -0.2) is 0 Å². The van der Waals surface area contributed by atoms with E-state index in [9.17, 15) is 4.79 Å². The van der Waals surface area contributed by atoms with E-state index in [0.717, 1.165) is 0 Å². The van der Waals surface area contributed by atoms with Crippen LogP contribution in [0.25, 0.3) is 0 Å². The molecule has 0 saturated carbocycles. The van der Waals surface area contributed by atoms with Crippen molar-refractivity contribution in [3.05, 3.63) is 0 Å². The third-order valence-electron chi connectivity index (χ3n) is 1.41. The molecule has 0 aromatic carbocycles. The Kier molecular flexibility index (Phi) is 3.52. The fraction of sp³-hybridized carbons (Fsp3) is 0.857. The van der Waals surface area contributed by atoms with Crippen molar-refractivity contribution in [2.45, 2.75) is 26.8 Å². The van der Waals surface area contributed by atoms with Crippen molar-refractivity contribution in [2.24, 2.45) is 11.1 Å². The van der Waals surface area contributed by atoms with Crippen LogP contribution < -0.4 is 5.73 Å². The fourth-order valence-electron chi connectivity index (χ4n) is 0.566. The lowest BCUT2D eigenvalue weighted by Gasteiger charge is -2.24. The van der Waals surface area contributed by atoms with E-state index in [1.54, 1.807) is 0 Å². The van der Waals surface area contributed by atoms with Crippen LogP contribution >= 0.6 is 15.9 Å². The van der Waals surface area contributed by atoms with Gasteiger partial charge in [0.1, 0.15) is 0 Å². The highest BCUT2D eigenvalue weighted by atomic mass is 79.9. The molecule has 0 fully saturated rings. The molecule has 1 atom stereocenters. The Morgan fingerprint density at radius 1 is 1.60 bits per heavy atom. The molecule has 0 bridgehead atoms. The van der Waals surface area contributed by atoms with E-state index in [4.69, 9.17) is 5.73 Å². The van der Waals surface area contributed by atoms with Crippen LogP contribution in [0.5, 0.6) is 0 Å². The molecule has 0 heterocycles. The molecule has 10 heavy (non-hydrogen) atoms. The first kappa shape index (κ1) is 10.1. The van der Waals surface area contributed by atoms with Gasteiger partial charge in [0, 0.05) is 0 Å². The van der Waals surface area contributed by atoms with E-state index in [2.05, 4.69) is 15.9 Å². The first-order valence-electron chi connectivity index (χ1n) is 3.24. The van der Waals surface area contributed by atoms with Gasteiger partial charge in [0.15, 0.2) is 5.78 Å². The van der Waals surface area contributed by atoms with Gasteiger partial charge in [0.05, 0.1) is 11.4 Å². The molecule has 2 nitrogen and oxygen atoms in total. The van der Waals surface area contributed by atoms with Crippen molar-refractivity contribution in [3.8, 4) is 0 Å². The predicted molar refractivity (Wildman–Crippen MR) is 46.2 cm³/mol. The molecule has 2 N–H and O–H groups in total. The van der Waals surface area contributed by atoms with E-state index >= 15 is 0 Å². The van der Waals surface area contributed by atoms with Gasteiger partial charge < -0.3 is 5.73 Å². The van der Waals surface area contributed by atoms with E-state index in [-0.39, 0.29) is 17.2 Å². The molecule has 0 saturated heterocycles. The highest BCUT2D eigenvalue weighted by Crippen LogP contribution is 2.18. The average Bonchev–Trinajstić information content (AvgIpc) is 1.83. The number of carbonyl (C=O) groups is 1. The molecule has 0 aliphatic rings. The van der Waals surface area contributed by atoms with Gasteiger partial charge in [-0.2, -0.15) is 0 Å². The summed E-state index contributed by atoms with van der Waals surface area (Å²) >= 11 is 3.08. The summed E-state index contributed by atoms with van der Waals surface area (Å²) in [6.07, 6.45) is 0. The van der Waals surface area contributed by atoms with Crippen molar-refractivity contribution in [3.63, 3.8) is 0 Å². The Hall–Kier alpha value is 0.110. The largest absolute Gasteiger partial charge is 0.321 e. The zero-order valence-corrected chi connectivity index (χ0v) is 8.23. The molecule has 0 radical (unpaired) electrons. The highest BCUT2D eigenvalue weighted by molar-refractivity contribution is 9.09. The molecule has 60 valence electrons. The fourth-order valence-corrected chi connectivity index (χ4v) is 0.915. The summed E-state index contributed by atoms with van der Waals surface area (Å²) in [5, 5.41) is 0.353. The monoisotopic (exact) mass is 207 g/mol.